The number of unbranched alkanes of at least 4 members (excludes halogenated alkanes) is 4. The first-order valence-electron chi connectivity index (χ1n) is 7.66. The van der Waals surface area contributed by atoms with Gasteiger partial charge in [-0.3, -0.25) is 4.79 Å². The third-order valence-corrected chi connectivity index (χ3v) is 4.17. The fourth-order valence-electron chi connectivity index (χ4n) is 2.09. The van der Waals surface area contributed by atoms with Crippen LogP contribution >= 0.6 is 11.3 Å². The smallest absolute Gasteiger partial charge is 0.273 e. The van der Waals surface area contributed by atoms with E-state index in [1.165, 1.54) is 37.0 Å². The zero-order valence-electron chi connectivity index (χ0n) is 12.7. The summed E-state index contributed by atoms with van der Waals surface area (Å²) in [5, 5.41) is 2.66. The van der Waals surface area contributed by atoms with E-state index in [2.05, 4.69) is 18.8 Å². The minimum Gasteiger partial charge on any atom is -0.337 e. The van der Waals surface area contributed by atoms with E-state index in [-0.39, 0.29) is 5.91 Å². The number of rotatable bonds is 10. The maximum atomic E-state index is 12.5. The maximum absolute atomic E-state index is 12.5. The molecular weight excluding hydrogens is 270 g/mol. The number of nitrogens with zero attached hydrogens (tertiary/aromatic N) is 2. The van der Waals surface area contributed by atoms with Crippen LogP contribution in [-0.4, -0.2) is 28.9 Å². The first-order chi connectivity index (χ1) is 9.72. The van der Waals surface area contributed by atoms with Gasteiger partial charge in [-0.1, -0.05) is 39.5 Å². The highest BCUT2D eigenvalue weighted by molar-refractivity contribution is 7.09. The molecule has 1 rings (SSSR count). The van der Waals surface area contributed by atoms with E-state index in [0.717, 1.165) is 30.9 Å². The van der Waals surface area contributed by atoms with Crippen LogP contribution in [-0.2, 0) is 6.54 Å². The molecule has 0 aliphatic heterocycles. The molecule has 5 heteroatoms. The van der Waals surface area contributed by atoms with Gasteiger partial charge in [-0.25, -0.2) is 4.98 Å². The van der Waals surface area contributed by atoms with E-state index in [4.69, 9.17) is 5.73 Å². The molecule has 0 saturated heterocycles. The molecule has 0 unspecified atom stereocenters. The lowest BCUT2D eigenvalue weighted by molar-refractivity contribution is 0.0744. The van der Waals surface area contributed by atoms with E-state index in [9.17, 15) is 4.79 Å². The van der Waals surface area contributed by atoms with Gasteiger partial charge in [-0.15, -0.1) is 11.3 Å². The Balaban J connectivity index is 2.61. The zero-order valence-corrected chi connectivity index (χ0v) is 13.5. The second-order valence-electron chi connectivity index (χ2n) is 5.04. The van der Waals surface area contributed by atoms with Crippen molar-refractivity contribution in [2.45, 2.75) is 58.9 Å². The molecule has 1 aromatic heterocycles. The predicted octanol–water partition coefficient (Wildman–Crippen LogP) is 3.42. The van der Waals surface area contributed by atoms with E-state index in [1.807, 2.05) is 10.3 Å². The third kappa shape index (κ3) is 5.59. The maximum Gasteiger partial charge on any atom is 0.273 e. The van der Waals surface area contributed by atoms with E-state index < -0.39 is 0 Å². The van der Waals surface area contributed by atoms with E-state index in [0.29, 0.717) is 12.2 Å². The van der Waals surface area contributed by atoms with Gasteiger partial charge in [0.15, 0.2) is 0 Å². The van der Waals surface area contributed by atoms with Crippen LogP contribution < -0.4 is 5.73 Å². The second-order valence-corrected chi connectivity index (χ2v) is 5.98. The molecule has 0 fully saturated rings. The molecule has 1 heterocycles. The summed E-state index contributed by atoms with van der Waals surface area (Å²) in [5.41, 5.74) is 6.12. The summed E-state index contributed by atoms with van der Waals surface area (Å²) in [5.74, 6) is 0.0631. The SMILES string of the molecule is CCCCCN(CCCCC)C(=O)c1csc(CN)n1. The van der Waals surface area contributed by atoms with Gasteiger partial charge in [0.2, 0.25) is 0 Å². The van der Waals surface area contributed by atoms with E-state index >= 15 is 0 Å². The number of aromatic nitrogens is 1. The molecule has 0 atom stereocenters. The van der Waals surface area contributed by atoms with Gasteiger partial charge < -0.3 is 10.6 Å². The quantitative estimate of drug-likeness (QED) is 0.673. The van der Waals surface area contributed by atoms with Crippen molar-refractivity contribution in [2.75, 3.05) is 13.1 Å². The molecule has 1 amide bonds. The number of carbonyl (C=O) groups excluding carboxylic acids is 1. The molecule has 0 aliphatic rings. The summed E-state index contributed by atoms with van der Waals surface area (Å²) in [4.78, 5) is 18.8. The molecular formula is C15H27N3OS. The molecule has 0 aromatic carbocycles. The lowest BCUT2D eigenvalue weighted by atomic mass is 10.2. The molecule has 20 heavy (non-hydrogen) atoms. The Morgan fingerprint density at radius 2 is 1.80 bits per heavy atom. The molecule has 0 spiro atoms. The number of hydrogen-bond donors (Lipinski definition) is 1. The van der Waals surface area contributed by atoms with Crippen LogP contribution in [0.5, 0.6) is 0 Å². The van der Waals surface area contributed by atoms with Crippen molar-refractivity contribution in [3.05, 3.63) is 16.1 Å². The fraction of sp³-hybridized carbons (Fsp3) is 0.733. The largest absolute Gasteiger partial charge is 0.337 e. The van der Waals surface area contributed by atoms with Crippen molar-refractivity contribution in [3.63, 3.8) is 0 Å². The van der Waals surface area contributed by atoms with Crippen LogP contribution in [0, 0.1) is 0 Å². The minimum atomic E-state index is 0.0631. The van der Waals surface area contributed by atoms with Gasteiger partial charge in [0.1, 0.15) is 10.7 Å². The van der Waals surface area contributed by atoms with Crippen molar-refractivity contribution >= 4 is 17.2 Å². The van der Waals surface area contributed by atoms with Crippen molar-refractivity contribution in [3.8, 4) is 0 Å². The van der Waals surface area contributed by atoms with Gasteiger partial charge in [0, 0.05) is 25.0 Å². The zero-order chi connectivity index (χ0) is 14.8. The summed E-state index contributed by atoms with van der Waals surface area (Å²) in [6.07, 6.45) is 6.83. The number of hydrogen-bond acceptors (Lipinski definition) is 4. The Labute approximate surface area is 126 Å². The van der Waals surface area contributed by atoms with Gasteiger partial charge >= 0.3 is 0 Å². The normalized spacial score (nSPS) is 10.8. The standard InChI is InChI=1S/C15H27N3OS/c1-3-5-7-9-18(10-8-6-4-2)15(19)13-12-20-14(11-16)17-13/h12H,3-11,16H2,1-2H3. The highest BCUT2D eigenvalue weighted by atomic mass is 32.1. The topological polar surface area (TPSA) is 59.2 Å². The highest BCUT2D eigenvalue weighted by Gasteiger charge is 2.17. The second kappa shape index (κ2) is 9.88. The first-order valence-corrected chi connectivity index (χ1v) is 8.54. The summed E-state index contributed by atoms with van der Waals surface area (Å²) >= 11 is 1.47. The first kappa shape index (κ1) is 17.1. The fourth-order valence-corrected chi connectivity index (χ4v) is 2.73. The lowest BCUT2D eigenvalue weighted by Crippen LogP contribution is -2.33. The number of nitrogens with two attached hydrogens (primary N) is 1. The third-order valence-electron chi connectivity index (χ3n) is 3.30. The predicted molar refractivity (Wildman–Crippen MR) is 85.0 cm³/mol. The Hall–Kier alpha value is -0.940. The van der Waals surface area contributed by atoms with Crippen LogP contribution in [0.1, 0.15) is 67.9 Å². The van der Waals surface area contributed by atoms with Crippen LogP contribution in [0.2, 0.25) is 0 Å². The number of amides is 1. The monoisotopic (exact) mass is 297 g/mol. The number of carbonyl (C=O) groups is 1. The average molecular weight is 297 g/mol. The summed E-state index contributed by atoms with van der Waals surface area (Å²) in [7, 11) is 0. The summed E-state index contributed by atoms with van der Waals surface area (Å²) < 4.78 is 0. The molecule has 0 saturated carbocycles. The summed E-state index contributed by atoms with van der Waals surface area (Å²) in [6.45, 7) is 6.44. The summed E-state index contributed by atoms with van der Waals surface area (Å²) in [6, 6.07) is 0. The van der Waals surface area contributed by atoms with Crippen LogP contribution in [0.15, 0.2) is 5.38 Å². The Bertz CT molecular complexity index is 382. The van der Waals surface area contributed by atoms with E-state index in [1.54, 1.807) is 0 Å². The van der Waals surface area contributed by atoms with Gasteiger partial charge in [-0.2, -0.15) is 0 Å². The van der Waals surface area contributed by atoms with Gasteiger partial charge in [0.05, 0.1) is 0 Å². The average Bonchev–Trinajstić information content (AvgIpc) is 2.94. The lowest BCUT2D eigenvalue weighted by Gasteiger charge is -2.21. The van der Waals surface area contributed by atoms with Gasteiger partial charge in [-0.05, 0) is 12.8 Å². The van der Waals surface area contributed by atoms with Crippen molar-refractivity contribution in [1.82, 2.24) is 9.88 Å². The molecule has 0 radical (unpaired) electrons. The Morgan fingerprint density at radius 1 is 1.20 bits per heavy atom. The number of thiazole rings is 1. The van der Waals surface area contributed by atoms with Crippen molar-refractivity contribution in [2.24, 2.45) is 5.73 Å². The van der Waals surface area contributed by atoms with Crippen LogP contribution in [0.25, 0.3) is 0 Å². The van der Waals surface area contributed by atoms with Crippen LogP contribution in [0.4, 0.5) is 0 Å². The molecule has 0 aliphatic carbocycles. The van der Waals surface area contributed by atoms with Crippen LogP contribution in [0.3, 0.4) is 0 Å². The minimum absolute atomic E-state index is 0.0631. The molecule has 2 N–H and O–H groups in total. The molecule has 4 nitrogen and oxygen atoms in total. The molecule has 114 valence electrons. The highest BCUT2D eigenvalue weighted by Crippen LogP contribution is 2.13. The molecule has 1 aromatic rings. The van der Waals surface area contributed by atoms with Crippen molar-refractivity contribution < 1.29 is 4.79 Å². The van der Waals surface area contributed by atoms with Gasteiger partial charge in [0.25, 0.3) is 5.91 Å². The molecule has 0 bridgehead atoms. The Morgan fingerprint density at radius 3 is 2.25 bits per heavy atom. The van der Waals surface area contributed by atoms with Crippen molar-refractivity contribution in [1.29, 1.82) is 0 Å². The Kier molecular flexibility index (Phi) is 8.46.